The molecular weight excluding hydrogens is 352 g/mol. The molecule has 0 unspecified atom stereocenters. The Morgan fingerprint density at radius 3 is 2.79 bits per heavy atom. The summed E-state index contributed by atoms with van der Waals surface area (Å²) < 4.78 is 3.92. The summed E-state index contributed by atoms with van der Waals surface area (Å²) in [4.78, 5) is 25.0. The van der Waals surface area contributed by atoms with Gasteiger partial charge in [0, 0.05) is 18.0 Å². The van der Waals surface area contributed by atoms with Gasteiger partial charge in [-0.1, -0.05) is 31.9 Å². The number of benzene rings is 1. The fraction of sp³-hybridized carbons (Fsp3) is 0.333. The third-order valence-corrected chi connectivity index (χ3v) is 5.58. The van der Waals surface area contributed by atoms with Crippen molar-refractivity contribution in [2.75, 3.05) is 0 Å². The molecule has 0 atom stereocenters. The molecule has 1 aromatic carbocycles. The van der Waals surface area contributed by atoms with Gasteiger partial charge in [-0.05, 0) is 31.4 Å². The van der Waals surface area contributed by atoms with Crippen molar-refractivity contribution in [1.82, 2.24) is 29.3 Å². The van der Waals surface area contributed by atoms with Crippen LogP contribution >= 0.6 is 0 Å². The Bertz CT molecular complexity index is 1180. The summed E-state index contributed by atoms with van der Waals surface area (Å²) in [6.45, 7) is 2.03. The summed E-state index contributed by atoms with van der Waals surface area (Å²) in [5, 5.41) is 5.40. The summed E-state index contributed by atoms with van der Waals surface area (Å²) >= 11 is 0. The minimum atomic E-state index is -0.124. The van der Waals surface area contributed by atoms with E-state index in [1.165, 1.54) is 12.8 Å². The Kier molecular flexibility index (Phi) is 4.07. The second kappa shape index (κ2) is 6.74. The number of nitrogens with zero attached hydrogens (tertiary/aromatic N) is 5. The number of para-hydroxylation sites is 1. The third-order valence-electron chi connectivity index (χ3n) is 5.58. The maximum atomic E-state index is 13.0. The number of nitrogens with one attached hydrogen (secondary N) is 1. The number of rotatable bonds is 4. The highest BCUT2D eigenvalue weighted by Crippen LogP contribution is 2.32. The number of aromatic amines is 1. The Balaban J connectivity index is 1.75. The highest BCUT2D eigenvalue weighted by Gasteiger charge is 2.24. The number of H-pyrrole nitrogens is 1. The zero-order valence-electron chi connectivity index (χ0n) is 15.8. The smallest absolute Gasteiger partial charge is 0.262 e. The van der Waals surface area contributed by atoms with Crippen LogP contribution in [0.3, 0.4) is 0 Å². The van der Waals surface area contributed by atoms with E-state index in [1.807, 2.05) is 46.6 Å². The van der Waals surface area contributed by atoms with E-state index in [9.17, 15) is 4.79 Å². The van der Waals surface area contributed by atoms with Crippen LogP contribution in [0.15, 0.2) is 47.8 Å². The molecule has 0 saturated heterocycles. The van der Waals surface area contributed by atoms with E-state index in [0.29, 0.717) is 29.3 Å². The highest BCUT2D eigenvalue weighted by atomic mass is 16.1. The summed E-state index contributed by atoms with van der Waals surface area (Å²) in [5.41, 5.74) is 3.18. The van der Waals surface area contributed by atoms with Crippen LogP contribution in [0.2, 0.25) is 0 Å². The maximum absolute atomic E-state index is 13.0. The fourth-order valence-electron chi connectivity index (χ4n) is 4.19. The second-order valence-corrected chi connectivity index (χ2v) is 7.28. The molecule has 0 bridgehead atoms. The van der Waals surface area contributed by atoms with Crippen LogP contribution in [0.4, 0.5) is 0 Å². The molecule has 0 radical (unpaired) electrons. The molecule has 1 aliphatic rings. The molecule has 3 aromatic heterocycles. The number of hydrogen-bond donors (Lipinski definition) is 1. The van der Waals surface area contributed by atoms with Crippen molar-refractivity contribution in [1.29, 1.82) is 0 Å². The normalized spacial score (nSPS) is 14.9. The lowest BCUT2D eigenvalue weighted by molar-refractivity contribution is 0.474. The fourth-order valence-corrected chi connectivity index (χ4v) is 4.19. The molecule has 0 amide bonds. The van der Waals surface area contributed by atoms with Gasteiger partial charge >= 0.3 is 0 Å². The summed E-state index contributed by atoms with van der Waals surface area (Å²) in [7, 11) is 0. The van der Waals surface area contributed by atoms with Crippen molar-refractivity contribution in [2.24, 2.45) is 0 Å². The minimum absolute atomic E-state index is 0.124. The maximum Gasteiger partial charge on any atom is 0.262 e. The second-order valence-electron chi connectivity index (χ2n) is 7.28. The molecule has 28 heavy (non-hydrogen) atoms. The Morgan fingerprint density at radius 1 is 1.21 bits per heavy atom. The van der Waals surface area contributed by atoms with E-state index in [-0.39, 0.29) is 5.56 Å². The minimum Gasteiger partial charge on any atom is -0.306 e. The first kappa shape index (κ1) is 16.9. The van der Waals surface area contributed by atoms with Gasteiger partial charge < -0.3 is 9.55 Å². The molecule has 142 valence electrons. The molecule has 3 heterocycles. The lowest BCUT2D eigenvalue weighted by atomic mass is 10.1. The van der Waals surface area contributed by atoms with E-state index in [4.69, 9.17) is 10.1 Å². The highest BCUT2D eigenvalue weighted by molar-refractivity contribution is 5.80. The van der Waals surface area contributed by atoms with Gasteiger partial charge in [0.05, 0.1) is 23.8 Å². The molecule has 7 nitrogen and oxygen atoms in total. The van der Waals surface area contributed by atoms with Crippen molar-refractivity contribution >= 4 is 11.0 Å². The molecule has 4 aromatic rings. The molecule has 1 saturated carbocycles. The summed E-state index contributed by atoms with van der Waals surface area (Å²) in [5.74, 6) is 0.559. The summed E-state index contributed by atoms with van der Waals surface area (Å²) in [6, 6.07) is 8.21. The lowest BCUT2D eigenvalue weighted by Gasteiger charge is -2.12. The Labute approximate surface area is 162 Å². The van der Waals surface area contributed by atoms with Crippen molar-refractivity contribution in [3.8, 4) is 17.1 Å². The molecule has 1 fully saturated rings. The number of imidazole rings is 1. The number of fused-ring (bicyclic) bond motifs is 1. The van der Waals surface area contributed by atoms with E-state index in [2.05, 4.69) is 9.97 Å². The van der Waals surface area contributed by atoms with Crippen LogP contribution < -0.4 is 5.56 Å². The van der Waals surface area contributed by atoms with Gasteiger partial charge in [0.1, 0.15) is 11.2 Å². The number of aromatic nitrogens is 6. The quantitative estimate of drug-likeness (QED) is 0.591. The SMILES string of the molecule is CCc1nn(C2CCCC2)c2nc(-c3ccccc3-n3ccnc3)[nH]c(=O)c12. The predicted octanol–water partition coefficient (Wildman–Crippen LogP) is 3.65. The van der Waals surface area contributed by atoms with Crippen LogP contribution in [0.1, 0.15) is 44.3 Å². The Hall–Kier alpha value is -3.22. The topological polar surface area (TPSA) is 81.4 Å². The summed E-state index contributed by atoms with van der Waals surface area (Å²) in [6.07, 6.45) is 10.7. The molecule has 1 aliphatic carbocycles. The molecule has 0 spiro atoms. The molecule has 1 N–H and O–H groups in total. The molecule has 5 rings (SSSR count). The average molecular weight is 374 g/mol. The van der Waals surface area contributed by atoms with Crippen molar-refractivity contribution in [3.63, 3.8) is 0 Å². The molecular formula is C21H22N6O. The first-order valence-electron chi connectivity index (χ1n) is 9.85. The number of hydrogen-bond acceptors (Lipinski definition) is 4. The van der Waals surface area contributed by atoms with Gasteiger partial charge in [-0.2, -0.15) is 5.10 Å². The van der Waals surface area contributed by atoms with Gasteiger partial charge in [0.2, 0.25) is 0 Å². The van der Waals surface area contributed by atoms with Crippen molar-refractivity contribution in [3.05, 3.63) is 59.0 Å². The molecule has 7 heteroatoms. The van der Waals surface area contributed by atoms with Crippen LogP contribution in [0.5, 0.6) is 0 Å². The predicted molar refractivity (Wildman–Crippen MR) is 108 cm³/mol. The first-order valence-corrected chi connectivity index (χ1v) is 9.85. The van der Waals surface area contributed by atoms with E-state index >= 15 is 0 Å². The van der Waals surface area contributed by atoms with Crippen molar-refractivity contribution < 1.29 is 0 Å². The van der Waals surface area contributed by atoms with Crippen LogP contribution in [0, 0.1) is 0 Å². The van der Waals surface area contributed by atoms with E-state index in [1.54, 1.807) is 12.5 Å². The van der Waals surface area contributed by atoms with Gasteiger partial charge in [0.25, 0.3) is 5.56 Å². The van der Waals surface area contributed by atoms with Crippen LogP contribution in [-0.4, -0.2) is 29.3 Å². The van der Waals surface area contributed by atoms with Gasteiger partial charge in [-0.15, -0.1) is 0 Å². The third kappa shape index (κ3) is 2.66. The van der Waals surface area contributed by atoms with Gasteiger partial charge in [-0.3, -0.25) is 4.79 Å². The Morgan fingerprint density at radius 2 is 2.04 bits per heavy atom. The monoisotopic (exact) mass is 374 g/mol. The van der Waals surface area contributed by atoms with Gasteiger partial charge in [-0.25, -0.2) is 14.6 Å². The molecule has 0 aliphatic heterocycles. The van der Waals surface area contributed by atoms with E-state index in [0.717, 1.165) is 29.8 Å². The zero-order chi connectivity index (χ0) is 19.1. The largest absolute Gasteiger partial charge is 0.306 e. The lowest BCUT2D eigenvalue weighted by Crippen LogP contribution is -2.13. The first-order chi connectivity index (χ1) is 13.8. The van der Waals surface area contributed by atoms with Crippen molar-refractivity contribution in [2.45, 2.75) is 45.1 Å². The average Bonchev–Trinajstić information content (AvgIpc) is 3.47. The van der Waals surface area contributed by atoms with Crippen LogP contribution in [-0.2, 0) is 6.42 Å². The van der Waals surface area contributed by atoms with Crippen LogP contribution in [0.25, 0.3) is 28.1 Å². The van der Waals surface area contributed by atoms with Gasteiger partial charge in [0.15, 0.2) is 5.65 Å². The van der Waals surface area contributed by atoms with E-state index < -0.39 is 0 Å². The standard InChI is InChI=1S/C21H22N6O/c1-2-16-18-20(27(25-16)14-7-3-4-8-14)23-19(24-21(18)28)15-9-5-6-10-17(15)26-12-11-22-13-26/h5-6,9-14H,2-4,7-8H2,1H3,(H,23,24,28). The zero-order valence-corrected chi connectivity index (χ0v) is 15.8. The number of aryl methyl sites for hydroxylation is 1.